The smallest absolute Gasteiger partial charge is 0.132 e. The van der Waals surface area contributed by atoms with E-state index in [1.54, 1.807) is 0 Å². The van der Waals surface area contributed by atoms with Crippen molar-refractivity contribution in [2.75, 3.05) is 0 Å². The maximum absolute atomic E-state index is 11.1. The summed E-state index contributed by atoms with van der Waals surface area (Å²) in [4.78, 5) is 15.3. The third-order valence-electron chi connectivity index (χ3n) is 2.37. The average Bonchev–Trinajstić information content (AvgIpc) is 2.65. The van der Waals surface area contributed by atoms with Crippen LogP contribution in [0.4, 0.5) is 0 Å². The van der Waals surface area contributed by atoms with E-state index in [4.69, 9.17) is 0 Å². The maximum Gasteiger partial charge on any atom is 0.132 e. The van der Waals surface area contributed by atoms with Crippen LogP contribution in [-0.2, 0) is 17.8 Å². The number of Topliss-reactive ketones (excluding diaryl/α,β-unsaturated/α-hetero) is 1. The van der Waals surface area contributed by atoms with Crippen molar-refractivity contribution in [3.05, 3.63) is 18.2 Å². The molecule has 1 aromatic rings. The SMILES string of the molecule is CCC(=O)CCCn1ccnc1CC. The molecule has 3 heteroatoms. The predicted octanol–water partition coefficient (Wildman–Crippen LogP) is 2.20. The second-order valence-corrected chi connectivity index (χ2v) is 3.39. The number of nitrogens with zero attached hydrogens (tertiary/aromatic N) is 2. The van der Waals surface area contributed by atoms with Crippen LogP contribution in [0.15, 0.2) is 12.4 Å². The second-order valence-electron chi connectivity index (χ2n) is 3.39. The summed E-state index contributed by atoms with van der Waals surface area (Å²) in [5.74, 6) is 1.46. The Kier molecular flexibility index (Phi) is 4.36. The maximum atomic E-state index is 11.1. The first-order valence-corrected chi connectivity index (χ1v) is 5.29. The van der Waals surface area contributed by atoms with E-state index < -0.39 is 0 Å². The molecule has 0 N–H and O–H groups in total. The topological polar surface area (TPSA) is 34.9 Å². The summed E-state index contributed by atoms with van der Waals surface area (Å²) in [6, 6.07) is 0. The highest BCUT2D eigenvalue weighted by Crippen LogP contribution is 2.03. The minimum absolute atomic E-state index is 0.350. The molecule has 0 bridgehead atoms. The van der Waals surface area contributed by atoms with Crippen molar-refractivity contribution in [2.45, 2.75) is 46.1 Å². The fraction of sp³-hybridized carbons (Fsp3) is 0.636. The first-order chi connectivity index (χ1) is 6.77. The Balaban J connectivity index is 2.34. The van der Waals surface area contributed by atoms with Crippen LogP contribution in [0.3, 0.4) is 0 Å². The molecule has 0 aliphatic rings. The van der Waals surface area contributed by atoms with Crippen molar-refractivity contribution >= 4 is 5.78 Å². The van der Waals surface area contributed by atoms with E-state index in [0.29, 0.717) is 18.6 Å². The third kappa shape index (κ3) is 2.98. The molecule has 0 fully saturated rings. The average molecular weight is 194 g/mol. The second kappa shape index (κ2) is 5.58. The highest BCUT2D eigenvalue weighted by Gasteiger charge is 2.01. The highest BCUT2D eigenvalue weighted by molar-refractivity contribution is 5.77. The summed E-state index contributed by atoms with van der Waals surface area (Å²) in [6.45, 7) is 4.92. The number of carbonyl (C=O) groups excluding carboxylic acids is 1. The zero-order valence-electron chi connectivity index (χ0n) is 8.99. The zero-order valence-corrected chi connectivity index (χ0v) is 8.99. The van der Waals surface area contributed by atoms with Crippen LogP contribution in [0.2, 0.25) is 0 Å². The molecule has 1 aromatic heterocycles. The van der Waals surface area contributed by atoms with Gasteiger partial charge in [0.05, 0.1) is 0 Å². The van der Waals surface area contributed by atoms with E-state index in [0.717, 1.165) is 25.2 Å². The molecule has 0 aliphatic heterocycles. The Morgan fingerprint density at radius 3 is 2.93 bits per heavy atom. The van der Waals surface area contributed by atoms with E-state index in [9.17, 15) is 4.79 Å². The van der Waals surface area contributed by atoms with Gasteiger partial charge in [-0.05, 0) is 6.42 Å². The lowest BCUT2D eigenvalue weighted by Gasteiger charge is -2.04. The Bertz CT molecular complexity index is 291. The number of rotatable bonds is 6. The van der Waals surface area contributed by atoms with Gasteiger partial charge in [-0.1, -0.05) is 13.8 Å². The summed E-state index contributed by atoms with van der Waals surface area (Å²) < 4.78 is 2.13. The Morgan fingerprint density at radius 2 is 2.29 bits per heavy atom. The first kappa shape index (κ1) is 11.0. The van der Waals surface area contributed by atoms with Crippen molar-refractivity contribution in [3.8, 4) is 0 Å². The van der Waals surface area contributed by atoms with Gasteiger partial charge in [-0.3, -0.25) is 4.79 Å². The molecule has 0 spiro atoms. The molecule has 0 aromatic carbocycles. The van der Waals surface area contributed by atoms with E-state index in [1.165, 1.54) is 0 Å². The van der Waals surface area contributed by atoms with E-state index in [2.05, 4.69) is 16.5 Å². The standard InChI is InChI=1S/C11H18N2O/c1-3-10(14)6-5-8-13-9-7-12-11(13)4-2/h7,9H,3-6,8H2,1-2H3. The molecule has 0 saturated heterocycles. The summed E-state index contributed by atoms with van der Waals surface area (Å²) in [5.41, 5.74) is 0. The monoisotopic (exact) mass is 194 g/mol. The molecule has 3 nitrogen and oxygen atoms in total. The van der Waals surface area contributed by atoms with Gasteiger partial charge in [0.2, 0.25) is 0 Å². The van der Waals surface area contributed by atoms with Crippen molar-refractivity contribution in [1.82, 2.24) is 9.55 Å². The molecule has 0 unspecified atom stereocenters. The Hall–Kier alpha value is -1.12. The summed E-state index contributed by atoms with van der Waals surface area (Å²) in [5, 5.41) is 0. The fourth-order valence-electron chi connectivity index (χ4n) is 1.48. The van der Waals surface area contributed by atoms with Crippen molar-refractivity contribution in [2.24, 2.45) is 0 Å². The van der Waals surface area contributed by atoms with Gasteiger partial charge in [0.25, 0.3) is 0 Å². The van der Waals surface area contributed by atoms with Gasteiger partial charge in [-0.25, -0.2) is 4.98 Å². The number of ketones is 1. The van der Waals surface area contributed by atoms with E-state index in [-0.39, 0.29) is 0 Å². The van der Waals surface area contributed by atoms with E-state index >= 15 is 0 Å². The van der Waals surface area contributed by atoms with Crippen LogP contribution in [0.5, 0.6) is 0 Å². The summed E-state index contributed by atoms with van der Waals surface area (Å²) >= 11 is 0. The molecule has 0 radical (unpaired) electrons. The van der Waals surface area contributed by atoms with Crippen LogP contribution < -0.4 is 0 Å². The lowest BCUT2D eigenvalue weighted by atomic mass is 10.2. The van der Waals surface area contributed by atoms with Gasteiger partial charge in [0.1, 0.15) is 11.6 Å². The van der Waals surface area contributed by atoms with Gasteiger partial charge < -0.3 is 4.57 Å². The molecule has 0 aliphatic carbocycles. The lowest BCUT2D eigenvalue weighted by molar-refractivity contribution is -0.118. The van der Waals surface area contributed by atoms with Gasteiger partial charge in [0, 0.05) is 38.2 Å². The fourth-order valence-corrected chi connectivity index (χ4v) is 1.48. The van der Waals surface area contributed by atoms with Crippen LogP contribution in [0.1, 0.15) is 38.9 Å². The summed E-state index contributed by atoms with van der Waals surface area (Å²) in [6.07, 6.45) is 7.03. The summed E-state index contributed by atoms with van der Waals surface area (Å²) in [7, 11) is 0. The minimum Gasteiger partial charge on any atom is -0.335 e. The van der Waals surface area contributed by atoms with Crippen LogP contribution in [0, 0.1) is 0 Å². The molecule has 1 heterocycles. The molecule has 78 valence electrons. The number of hydrogen-bond acceptors (Lipinski definition) is 2. The molecule has 1 rings (SSSR count). The predicted molar refractivity (Wildman–Crippen MR) is 56.1 cm³/mol. The van der Waals surface area contributed by atoms with Gasteiger partial charge in [0.15, 0.2) is 0 Å². The first-order valence-electron chi connectivity index (χ1n) is 5.29. The van der Waals surface area contributed by atoms with Crippen LogP contribution in [-0.4, -0.2) is 15.3 Å². The number of hydrogen-bond donors (Lipinski definition) is 0. The Labute approximate surface area is 85.2 Å². The molecular formula is C11H18N2O. The normalized spacial score (nSPS) is 10.4. The molecule has 0 amide bonds. The minimum atomic E-state index is 0.350. The zero-order chi connectivity index (χ0) is 10.4. The third-order valence-corrected chi connectivity index (χ3v) is 2.37. The Morgan fingerprint density at radius 1 is 1.50 bits per heavy atom. The number of aryl methyl sites for hydroxylation is 2. The van der Waals surface area contributed by atoms with Crippen molar-refractivity contribution in [1.29, 1.82) is 0 Å². The largest absolute Gasteiger partial charge is 0.335 e. The van der Waals surface area contributed by atoms with E-state index in [1.807, 2.05) is 19.3 Å². The number of aromatic nitrogens is 2. The molecule has 0 saturated carbocycles. The van der Waals surface area contributed by atoms with Crippen molar-refractivity contribution in [3.63, 3.8) is 0 Å². The lowest BCUT2D eigenvalue weighted by Crippen LogP contribution is -2.04. The highest BCUT2D eigenvalue weighted by atomic mass is 16.1. The number of carbonyl (C=O) groups is 1. The van der Waals surface area contributed by atoms with Crippen LogP contribution in [0.25, 0.3) is 0 Å². The molecule has 0 atom stereocenters. The van der Waals surface area contributed by atoms with Gasteiger partial charge in [-0.15, -0.1) is 0 Å². The number of imidazole rings is 1. The van der Waals surface area contributed by atoms with Crippen LogP contribution >= 0.6 is 0 Å². The molecule has 14 heavy (non-hydrogen) atoms. The quantitative estimate of drug-likeness (QED) is 0.696. The van der Waals surface area contributed by atoms with Gasteiger partial charge >= 0.3 is 0 Å². The van der Waals surface area contributed by atoms with Gasteiger partial charge in [-0.2, -0.15) is 0 Å². The molecular weight excluding hydrogens is 176 g/mol. The van der Waals surface area contributed by atoms with Crippen molar-refractivity contribution < 1.29 is 4.79 Å².